The van der Waals surface area contributed by atoms with E-state index in [4.69, 9.17) is 0 Å². The van der Waals surface area contributed by atoms with Crippen molar-refractivity contribution in [3.63, 3.8) is 0 Å². The Hall–Kier alpha value is -1.68. The van der Waals surface area contributed by atoms with Gasteiger partial charge in [-0.1, -0.05) is 5.21 Å². The van der Waals surface area contributed by atoms with E-state index in [9.17, 15) is 18.0 Å². The summed E-state index contributed by atoms with van der Waals surface area (Å²) in [6.07, 6.45) is -0.719. The molecule has 10 heteroatoms. The minimum absolute atomic E-state index is 0.203. The van der Waals surface area contributed by atoms with E-state index in [0.29, 0.717) is 0 Å². The van der Waals surface area contributed by atoms with Crippen LogP contribution >= 0.6 is 0 Å². The summed E-state index contributed by atoms with van der Waals surface area (Å²) in [7, 11) is 0. The van der Waals surface area contributed by atoms with E-state index < -0.39 is 12.2 Å². The van der Waals surface area contributed by atoms with Crippen molar-refractivity contribution >= 4 is 5.91 Å². The van der Waals surface area contributed by atoms with Gasteiger partial charge >= 0.3 is 6.18 Å². The van der Waals surface area contributed by atoms with E-state index in [0.717, 1.165) is 32.9 Å². The topological polar surface area (TPSA) is 66.3 Å². The summed E-state index contributed by atoms with van der Waals surface area (Å²) in [6, 6.07) is -1.26. The van der Waals surface area contributed by atoms with Crippen molar-refractivity contribution in [1.29, 1.82) is 0 Å². The first-order chi connectivity index (χ1) is 11.9. The maximum atomic E-state index is 12.8. The highest BCUT2D eigenvalue weighted by Crippen LogP contribution is 2.25. The standard InChI is InChI=1S/C15H23F3N6O/c1-11(15(16,17)18)22-6-8-23(9-7-22)14(25)13-10-24(21-20-13)12-2-4-19-5-3-12/h10-12,19H,2-9H2,1H3. The molecule has 2 aliphatic rings. The second kappa shape index (κ2) is 7.28. The summed E-state index contributed by atoms with van der Waals surface area (Å²) >= 11 is 0. The summed E-state index contributed by atoms with van der Waals surface area (Å²) in [6.45, 7) is 3.91. The van der Waals surface area contributed by atoms with E-state index in [1.807, 2.05) is 0 Å². The maximum absolute atomic E-state index is 12.8. The van der Waals surface area contributed by atoms with Crippen molar-refractivity contribution in [3.8, 4) is 0 Å². The number of carbonyl (C=O) groups excluding carboxylic acids is 1. The molecule has 25 heavy (non-hydrogen) atoms. The number of amides is 1. The van der Waals surface area contributed by atoms with Gasteiger partial charge in [0.2, 0.25) is 0 Å². The van der Waals surface area contributed by atoms with Gasteiger partial charge in [0.25, 0.3) is 5.91 Å². The zero-order valence-corrected chi connectivity index (χ0v) is 14.2. The molecular formula is C15H23F3N6O. The van der Waals surface area contributed by atoms with Crippen LogP contribution in [0.2, 0.25) is 0 Å². The van der Waals surface area contributed by atoms with E-state index >= 15 is 0 Å². The van der Waals surface area contributed by atoms with Crippen LogP contribution in [0.15, 0.2) is 6.20 Å². The van der Waals surface area contributed by atoms with Gasteiger partial charge in [0.15, 0.2) is 5.69 Å². The summed E-state index contributed by atoms with van der Waals surface area (Å²) in [5.41, 5.74) is 0.260. The Balaban J connectivity index is 1.57. The molecule has 1 aromatic rings. The van der Waals surface area contributed by atoms with Crippen LogP contribution in [-0.4, -0.2) is 82.2 Å². The molecule has 1 aromatic heterocycles. The van der Waals surface area contributed by atoms with Crippen LogP contribution in [0, 0.1) is 0 Å². The molecule has 0 aromatic carbocycles. The van der Waals surface area contributed by atoms with E-state index in [-0.39, 0.29) is 43.8 Å². The molecule has 2 fully saturated rings. The Morgan fingerprint density at radius 1 is 1.24 bits per heavy atom. The first-order valence-corrected chi connectivity index (χ1v) is 8.59. The van der Waals surface area contributed by atoms with Gasteiger partial charge in [-0.15, -0.1) is 5.10 Å². The van der Waals surface area contributed by atoms with Crippen molar-refractivity contribution in [3.05, 3.63) is 11.9 Å². The SMILES string of the molecule is CC(N1CCN(C(=O)c2cn(C3CCNCC3)nn2)CC1)C(F)(F)F. The van der Waals surface area contributed by atoms with Crippen molar-refractivity contribution in [2.24, 2.45) is 0 Å². The summed E-state index contributed by atoms with van der Waals surface area (Å²) in [4.78, 5) is 15.4. The number of halogens is 3. The van der Waals surface area contributed by atoms with Gasteiger partial charge in [0.05, 0.1) is 12.2 Å². The van der Waals surface area contributed by atoms with Crippen LogP contribution in [0.3, 0.4) is 0 Å². The van der Waals surface area contributed by atoms with Crippen molar-refractivity contribution in [1.82, 2.24) is 30.1 Å². The van der Waals surface area contributed by atoms with Crippen LogP contribution < -0.4 is 5.32 Å². The van der Waals surface area contributed by atoms with Crippen molar-refractivity contribution in [2.75, 3.05) is 39.3 Å². The monoisotopic (exact) mass is 360 g/mol. The number of hydrogen-bond acceptors (Lipinski definition) is 5. The second-order valence-electron chi connectivity index (χ2n) is 6.61. The smallest absolute Gasteiger partial charge is 0.335 e. The fourth-order valence-corrected chi connectivity index (χ4v) is 3.31. The van der Waals surface area contributed by atoms with Gasteiger partial charge < -0.3 is 10.2 Å². The first kappa shape index (κ1) is 18.1. The zero-order chi connectivity index (χ0) is 18.0. The molecule has 0 saturated carbocycles. The second-order valence-corrected chi connectivity index (χ2v) is 6.61. The predicted molar refractivity (Wildman–Crippen MR) is 84.2 cm³/mol. The Bertz CT molecular complexity index is 590. The molecule has 7 nitrogen and oxygen atoms in total. The minimum atomic E-state index is -4.25. The van der Waals surface area contributed by atoms with Gasteiger partial charge in [-0.25, -0.2) is 4.68 Å². The van der Waals surface area contributed by atoms with Crippen LogP contribution in [0.4, 0.5) is 13.2 Å². The summed E-state index contributed by atoms with van der Waals surface area (Å²) in [5, 5.41) is 11.3. The molecule has 0 radical (unpaired) electrons. The molecule has 2 saturated heterocycles. The molecular weight excluding hydrogens is 337 g/mol. The summed E-state index contributed by atoms with van der Waals surface area (Å²) in [5.74, 6) is -0.264. The molecule has 1 atom stereocenters. The Morgan fingerprint density at radius 2 is 1.88 bits per heavy atom. The van der Waals surface area contributed by atoms with Gasteiger partial charge in [-0.05, 0) is 32.9 Å². The lowest BCUT2D eigenvalue weighted by Crippen LogP contribution is -2.54. The molecule has 3 rings (SSSR count). The van der Waals surface area contributed by atoms with Crippen LogP contribution in [-0.2, 0) is 0 Å². The lowest BCUT2D eigenvalue weighted by molar-refractivity contribution is -0.181. The Labute approximate surface area is 144 Å². The molecule has 1 amide bonds. The lowest BCUT2D eigenvalue weighted by atomic mass is 10.1. The normalized spacial score (nSPS) is 22.2. The average molecular weight is 360 g/mol. The molecule has 3 heterocycles. The zero-order valence-electron chi connectivity index (χ0n) is 14.2. The Kier molecular flexibility index (Phi) is 5.28. The molecule has 1 N–H and O–H groups in total. The average Bonchev–Trinajstić information content (AvgIpc) is 3.11. The Morgan fingerprint density at radius 3 is 2.48 bits per heavy atom. The number of carbonyl (C=O) groups is 1. The third-order valence-corrected chi connectivity index (χ3v) is 5.04. The molecule has 1 unspecified atom stereocenters. The minimum Gasteiger partial charge on any atom is -0.335 e. The van der Waals surface area contributed by atoms with Gasteiger partial charge in [0.1, 0.15) is 6.04 Å². The van der Waals surface area contributed by atoms with Crippen molar-refractivity contribution in [2.45, 2.75) is 38.0 Å². The van der Waals surface area contributed by atoms with E-state index in [2.05, 4.69) is 15.6 Å². The number of nitrogens with zero attached hydrogens (tertiary/aromatic N) is 5. The lowest BCUT2D eigenvalue weighted by Gasteiger charge is -2.38. The molecule has 0 aliphatic carbocycles. The molecule has 140 valence electrons. The van der Waals surface area contributed by atoms with Crippen LogP contribution in [0.5, 0.6) is 0 Å². The highest BCUT2D eigenvalue weighted by Gasteiger charge is 2.41. The number of piperazine rings is 1. The molecule has 2 aliphatic heterocycles. The quantitative estimate of drug-likeness (QED) is 0.868. The third kappa shape index (κ3) is 4.12. The number of aromatic nitrogens is 3. The number of rotatable bonds is 3. The molecule has 0 bridgehead atoms. The van der Waals surface area contributed by atoms with Crippen molar-refractivity contribution < 1.29 is 18.0 Å². The highest BCUT2D eigenvalue weighted by molar-refractivity contribution is 5.92. The fraction of sp³-hybridized carbons (Fsp3) is 0.800. The third-order valence-electron chi connectivity index (χ3n) is 5.04. The number of alkyl halides is 3. The van der Waals surface area contributed by atoms with E-state index in [1.165, 1.54) is 4.90 Å². The largest absolute Gasteiger partial charge is 0.403 e. The number of piperidine rings is 1. The number of nitrogens with one attached hydrogen (secondary N) is 1. The summed E-state index contributed by atoms with van der Waals surface area (Å²) < 4.78 is 40.1. The first-order valence-electron chi connectivity index (χ1n) is 8.59. The van der Waals surface area contributed by atoms with Crippen LogP contribution in [0.25, 0.3) is 0 Å². The van der Waals surface area contributed by atoms with Gasteiger partial charge in [-0.2, -0.15) is 13.2 Å². The fourth-order valence-electron chi connectivity index (χ4n) is 3.31. The number of hydrogen-bond donors (Lipinski definition) is 1. The maximum Gasteiger partial charge on any atom is 0.403 e. The predicted octanol–water partition coefficient (Wildman–Crippen LogP) is 0.911. The molecule has 0 spiro atoms. The van der Waals surface area contributed by atoms with Gasteiger partial charge in [-0.3, -0.25) is 9.69 Å². The van der Waals surface area contributed by atoms with Gasteiger partial charge in [0, 0.05) is 26.2 Å². The van der Waals surface area contributed by atoms with E-state index in [1.54, 1.807) is 15.8 Å². The highest BCUT2D eigenvalue weighted by atomic mass is 19.4. The van der Waals surface area contributed by atoms with Crippen LogP contribution in [0.1, 0.15) is 36.3 Å².